The highest BCUT2D eigenvalue weighted by molar-refractivity contribution is 5.84. The lowest BCUT2D eigenvalue weighted by Crippen LogP contribution is -2.58. The van der Waals surface area contributed by atoms with Crippen molar-refractivity contribution in [2.24, 2.45) is 11.8 Å². The van der Waals surface area contributed by atoms with Crippen molar-refractivity contribution in [2.45, 2.75) is 64.0 Å². The number of hydrogen-bond donors (Lipinski definition) is 2. The number of rotatable bonds is 2. The van der Waals surface area contributed by atoms with Crippen LogP contribution in [0, 0.1) is 11.8 Å². The molecule has 2 rings (SSSR count). The molecule has 0 aromatic carbocycles. The second-order valence-corrected chi connectivity index (χ2v) is 6.97. The average molecular weight is 269 g/mol. The van der Waals surface area contributed by atoms with Crippen molar-refractivity contribution in [3.05, 3.63) is 0 Å². The second kappa shape index (κ2) is 4.69. The topological polar surface area (TPSA) is 75.6 Å². The number of alkyl carbamates (subject to hydrolysis) is 1. The second-order valence-electron chi connectivity index (χ2n) is 6.97. The maximum atomic E-state index is 11.9. The molecule has 0 aliphatic heterocycles. The van der Waals surface area contributed by atoms with Crippen LogP contribution in [0.3, 0.4) is 0 Å². The predicted molar refractivity (Wildman–Crippen MR) is 69.8 cm³/mol. The third-order valence-electron chi connectivity index (χ3n) is 4.07. The molecule has 108 valence electrons. The molecule has 2 aliphatic rings. The number of nitrogens with one attached hydrogen (secondary N) is 1. The molecule has 0 saturated heterocycles. The number of carbonyl (C=O) groups excluding carboxylic acids is 1. The van der Waals surface area contributed by atoms with Crippen LogP contribution in [0.15, 0.2) is 0 Å². The molecule has 2 N–H and O–H groups in total. The maximum absolute atomic E-state index is 11.9. The quantitative estimate of drug-likeness (QED) is 0.807. The van der Waals surface area contributed by atoms with Crippen LogP contribution in [-0.4, -0.2) is 28.3 Å². The van der Waals surface area contributed by atoms with Crippen LogP contribution >= 0.6 is 0 Å². The van der Waals surface area contributed by atoms with Gasteiger partial charge in [-0.1, -0.05) is 12.8 Å². The third kappa shape index (κ3) is 3.19. The van der Waals surface area contributed by atoms with Gasteiger partial charge in [-0.15, -0.1) is 0 Å². The zero-order valence-electron chi connectivity index (χ0n) is 11.9. The van der Waals surface area contributed by atoms with Crippen molar-refractivity contribution in [1.29, 1.82) is 0 Å². The van der Waals surface area contributed by atoms with Crippen LogP contribution < -0.4 is 5.32 Å². The van der Waals surface area contributed by atoms with Gasteiger partial charge in [-0.25, -0.2) is 9.59 Å². The monoisotopic (exact) mass is 269 g/mol. The smallest absolute Gasteiger partial charge is 0.408 e. The Morgan fingerprint density at radius 3 is 2.16 bits per heavy atom. The first-order valence-electron chi connectivity index (χ1n) is 6.95. The third-order valence-corrected chi connectivity index (χ3v) is 4.07. The highest BCUT2D eigenvalue weighted by atomic mass is 16.6. The van der Waals surface area contributed by atoms with Crippen LogP contribution in [-0.2, 0) is 9.53 Å². The molecule has 1 unspecified atom stereocenters. The summed E-state index contributed by atoms with van der Waals surface area (Å²) in [6.45, 7) is 5.31. The number of ether oxygens (including phenoxy) is 1. The Balaban J connectivity index is 2.08. The lowest BCUT2D eigenvalue weighted by molar-refractivity contribution is -0.147. The van der Waals surface area contributed by atoms with Crippen molar-refractivity contribution in [1.82, 2.24) is 5.32 Å². The van der Waals surface area contributed by atoms with Crippen LogP contribution in [0.25, 0.3) is 0 Å². The number of amides is 1. The normalized spacial score (nSPS) is 33.8. The van der Waals surface area contributed by atoms with E-state index in [1.165, 1.54) is 0 Å². The summed E-state index contributed by atoms with van der Waals surface area (Å²) in [4.78, 5) is 23.5. The van der Waals surface area contributed by atoms with Gasteiger partial charge in [0.15, 0.2) is 0 Å². The molecule has 19 heavy (non-hydrogen) atoms. The summed E-state index contributed by atoms with van der Waals surface area (Å²) in [6, 6.07) is 0. The number of fused-ring (bicyclic) bond motifs is 2. The van der Waals surface area contributed by atoms with E-state index in [9.17, 15) is 14.7 Å². The number of carboxylic acids is 1. The zero-order valence-corrected chi connectivity index (χ0v) is 11.9. The molecule has 0 aromatic rings. The molecular weight excluding hydrogens is 246 g/mol. The molecule has 2 fully saturated rings. The van der Waals surface area contributed by atoms with Gasteiger partial charge in [0.25, 0.3) is 0 Å². The van der Waals surface area contributed by atoms with Gasteiger partial charge in [0.1, 0.15) is 11.1 Å². The zero-order chi connectivity index (χ0) is 14.3. The van der Waals surface area contributed by atoms with Crippen LogP contribution in [0.1, 0.15) is 52.9 Å². The van der Waals surface area contributed by atoms with Crippen LogP contribution in [0.4, 0.5) is 4.79 Å². The van der Waals surface area contributed by atoms with Gasteiger partial charge >= 0.3 is 12.1 Å². The van der Waals surface area contributed by atoms with Gasteiger partial charge < -0.3 is 15.2 Å². The molecule has 3 atom stereocenters. The van der Waals surface area contributed by atoms with Crippen LogP contribution in [0.2, 0.25) is 0 Å². The van der Waals surface area contributed by atoms with Gasteiger partial charge in [0, 0.05) is 0 Å². The van der Waals surface area contributed by atoms with E-state index in [0.717, 1.165) is 19.3 Å². The first-order valence-corrected chi connectivity index (χ1v) is 6.95. The van der Waals surface area contributed by atoms with Crippen molar-refractivity contribution in [3.63, 3.8) is 0 Å². The molecular formula is C14H23NO4. The minimum absolute atomic E-state index is 0.421. The summed E-state index contributed by atoms with van der Waals surface area (Å²) in [5.74, 6) is -0.0930. The van der Waals surface area contributed by atoms with Crippen LogP contribution in [0.5, 0.6) is 0 Å². The van der Waals surface area contributed by atoms with Gasteiger partial charge in [-0.3, -0.25) is 0 Å². The molecule has 2 saturated carbocycles. The van der Waals surface area contributed by atoms with E-state index >= 15 is 0 Å². The standard InChI is InChI=1S/C14H23NO4/c1-13(2,3)19-12(18)15-14(11(16)17)7-9-4-5-10(6-9)8-14/h9-10H,4-8H2,1-3H3,(H,15,18)(H,16,17)/t9-,10+,14?. The highest BCUT2D eigenvalue weighted by Crippen LogP contribution is 2.46. The molecule has 1 amide bonds. The molecule has 0 spiro atoms. The Hall–Kier alpha value is -1.26. The summed E-state index contributed by atoms with van der Waals surface area (Å²) in [7, 11) is 0. The summed E-state index contributed by atoms with van der Waals surface area (Å²) >= 11 is 0. The van der Waals surface area contributed by atoms with Crippen molar-refractivity contribution in [2.75, 3.05) is 0 Å². The van der Waals surface area contributed by atoms with Gasteiger partial charge in [-0.05, 0) is 51.9 Å². The largest absolute Gasteiger partial charge is 0.480 e. The van der Waals surface area contributed by atoms with E-state index in [4.69, 9.17) is 4.74 Å². The number of carboxylic acid groups (broad SMARTS) is 1. The molecule has 0 heterocycles. The fraction of sp³-hybridized carbons (Fsp3) is 0.857. The fourth-order valence-corrected chi connectivity index (χ4v) is 3.45. The summed E-state index contributed by atoms with van der Waals surface area (Å²) in [5.41, 5.74) is -1.75. The summed E-state index contributed by atoms with van der Waals surface area (Å²) in [5, 5.41) is 12.2. The van der Waals surface area contributed by atoms with E-state index in [2.05, 4.69) is 5.32 Å². The fourth-order valence-electron chi connectivity index (χ4n) is 3.45. The van der Waals surface area contributed by atoms with E-state index in [1.807, 2.05) is 0 Å². The first kappa shape index (κ1) is 14.2. The molecule has 2 bridgehead atoms. The van der Waals surface area contributed by atoms with E-state index in [1.54, 1.807) is 20.8 Å². The van der Waals surface area contributed by atoms with E-state index in [0.29, 0.717) is 24.7 Å². The van der Waals surface area contributed by atoms with E-state index in [-0.39, 0.29) is 0 Å². The molecule has 5 nitrogen and oxygen atoms in total. The minimum Gasteiger partial charge on any atom is -0.480 e. The molecule has 5 heteroatoms. The molecule has 2 aliphatic carbocycles. The molecule has 0 radical (unpaired) electrons. The predicted octanol–water partition coefficient (Wildman–Crippen LogP) is 2.54. The number of carbonyl (C=O) groups is 2. The van der Waals surface area contributed by atoms with Gasteiger partial charge in [0.2, 0.25) is 0 Å². The number of aliphatic carboxylic acids is 1. The molecule has 0 aromatic heterocycles. The minimum atomic E-state index is -1.13. The Labute approximate surface area is 113 Å². The maximum Gasteiger partial charge on any atom is 0.408 e. The van der Waals surface area contributed by atoms with Gasteiger partial charge in [0.05, 0.1) is 0 Å². The van der Waals surface area contributed by atoms with Crippen molar-refractivity contribution in [3.8, 4) is 0 Å². The number of hydrogen-bond acceptors (Lipinski definition) is 3. The van der Waals surface area contributed by atoms with Crippen molar-refractivity contribution < 1.29 is 19.4 Å². The Morgan fingerprint density at radius 1 is 1.21 bits per heavy atom. The lowest BCUT2D eigenvalue weighted by Gasteiger charge is -2.38. The SMILES string of the molecule is CC(C)(C)OC(=O)NC1(C(=O)O)C[C@@H]2CC[C@@H](C2)C1. The lowest BCUT2D eigenvalue weighted by atomic mass is 9.75. The van der Waals surface area contributed by atoms with E-state index < -0.39 is 23.2 Å². The first-order chi connectivity index (χ1) is 8.70. The summed E-state index contributed by atoms with van der Waals surface area (Å²) in [6.07, 6.45) is 3.68. The Bertz CT molecular complexity index is 373. The van der Waals surface area contributed by atoms with Crippen molar-refractivity contribution >= 4 is 12.1 Å². The Kier molecular flexibility index (Phi) is 3.49. The Morgan fingerprint density at radius 2 is 1.74 bits per heavy atom. The van der Waals surface area contributed by atoms with Gasteiger partial charge in [-0.2, -0.15) is 0 Å². The average Bonchev–Trinajstić information content (AvgIpc) is 2.55. The summed E-state index contributed by atoms with van der Waals surface area (Å²) < 4.78 is 5.19. The highest BCUT2D eigenvalue weighted by Gasteiger charge is 2.50.